The lowest BCUT2D eigenvalue weighted by Gasteiger charge is -2.30. The topological polar surface area (TPSA) is 170 Å². The highest BCUT2D eigenvalue weighted by Gasteiger charge is 2.39. The van der Waals surface area contributed by atoms with Crippen LogP contribution in [0.5, 0.6) is 0 Å². The second kappa shape index (κ2) is 13.8. The molecule has 3 N–H and O–H groups in total. The smallest absolute Gasteiger partial charge is 0.332 e. The molecule has 37 heavy (non-hydrogen) atoms. The highest BCUT2D eigenvalue weighted by molar-refractivity contribution is 7.56. The first-order chi connectivity index (χ1) is 17.4. The average molecular weight is 543 g/mol. The number of hydrogen-bond acceptors (Lipinski definition) is 11. The average Bonchev–Trinajstić information content (AvgIpc) is 3.22. The molecule has 1 unspecified atom stereocenters. The third kappa shape index (κ3) is 9.66. The lowest BCUT2D eigenvalue weighted by molar-refractivity contribution is -0.153. The monoisotopic (exact) mass is 542 g/mol. The molecule has 0 fully saturated rings. The van der Waals surface area contributed by atoms with Crippen molar-refractivity contribution in [2.24, 2.45) is 0 Å². The fourth-order valence-corrected chi connectivity index (χ4v) is 5.17. The van der Waals surface area contributed by atoms with Gasteiger partial charge in [0.1, 0.15) is 23.7 Å². The Morgan fingerprint density at radius 1 is 1.19 bits per heavy atom. The number of imidazole rings is 1. The van der Waals surface area contributed by atoms with Crippen molar-refractivity contribution in [2.75, 3.05) is 25.3 Å². The summed E-state index contributed by atoms with van der Waals surface area (Å²) in [5.41, 5.74) is 5.45. The zero-order valence-electron chi connectivity index (χ0n) is 22.4. The van der Waals surface area contributed by atoms with Crippen LogP contribution < -0.4 is 10.8 Å². The van der Waals surface area contributed by atoms with Crippen molar-refractivity contribution in [3.05, 3.63) is 12.7 Å². The van der Waals surface area contributed by atoms with E-state index in [4.69, 9.17) is 24.5 Å². The number of rotatable bonds is 16. The fraction of sp³-hybridized carbons (Fsp3) is 0.696. The Balaban J connectivity index is 2.08. The number of carbonyl (C=O) groups is 2. The van der Waals surface area contributed by atoms with Gasteiger partial charge in [0.25, 0.3) is 7.52 Å². The molecule has 0 amide bonds. The summed E-state index contributed by atoms with van der Waals surface area (Å²) in [7, 11) is -3.88. The Morgan fingerprint density at radius 2 is 1.92 bits per heavy atom. The van der Waals surface area contributed by atoms with E-state index in [9.17, 15) is 14.2 Å². The third-order valence-electron chi connectivity index (χ3n) is 5.12. The van der Waals surface area contributed by atoms with E-state index in [1.165, 1.54) is 20.2 Å². The summed E-state index contributed by atoms with van der Waals surface area (Å²) in [6.07, 6.45) is 4.28. The van der Waals surface area contributed by atoms with Crippen molar-refractivity contribution in [2.45, 2.75) is 85.1 Å². The summed E-state index contributed by atoms with van der Waals surface area (Å²) < 4.78 is 37.2. The van der Waals surface area contributed by atoms with Crippen LogP contribution in [-0.2, 0) is 39.4 Å². The van der Waals surface area contributed by atoms with Crippen LogP contribution in [0.4, 0.5) is 5.82 Å². The van der Waals surface area contributed by atoms with E-state index < -0.39 is 44.1 Å². The highest BCUT2D eigenvalue weighted by atomic mass is 31.2. The molecule has 2 aromatic heterocycles. The van der Waals surface area contributed by atoms with Crippen LogP contribution in [0.15, 0.2) is 12.7 Å². The second-order valence-corrected chi connectivity index (χ2v) is 11.6. The number of carbonyl (C=O) groups excluding carboxylic acids is 2. The summed E-state index contributed by atoms with van der Waals surface area (Å²) in [6, 6.07) is 0. The van der Waals surface area contributed by atoms with Gasteiger partial charge in [-0.3, -0.25) is 9.36 Å². The predicted molar refractivity (Wildman–Crippen MR) is 138 cm³/mol. The summed E-state index contributed by atoms with van der Waals surface area (Å²) in [4.78, 5) is 37.0. The molecule has 2 aromatic rings. The molecule has 2 rings (SSSR count). The molecule has 0 spiro atoms. The van der Waals surface area contributed by atoms with Crippen LogP contribution in [0, 0.1) is 0 Å². The summed E-state index contributed by atoms with van der Waals surface area (Å²) in [5, 5.41) is 2.73. The van der Waals surface area contributed by atoms with E-state index in [0.29, 0.717) is 17.7 Å². The molecular formula is C23H39N6O7P. The molecule has 0 saturated carbocycles. The van der Waals surface area contributed by atoms with Gasteiger partial charge in [-0.05, 0) is 41.0 Å². The lowest BCUT2D eigenvalue weighted by atomic mass is 10.1. The van der Waals surface area contributed by atoms with Crippen molar-refractivity contribution < 1.29 is 32.9 Å². The van der Waals surface area contributed by atoms with Gasteiger partial charge < -0.3 is 29.0 Å². The van der Waals surface area contributed by atoms with E-state index in [1.807, 2.05) is 6.92 Å². The Morgan fingerprint density at radius 3 is 2.59 bits per heavy atom. The fourth-order valence-electron chi connectivity index (χ4n) is 3.26. The molecule has 2 heterocycles. The molecule has 14 heteroatoms. The minimum atomic E-state index is -3.88. The molecule has 0 radical (unpaired) electrons. The summed E-state index contributed by atoms with van der Waals surface area (Å²) in [5.74, 6) is -1.02. The minimum Gasteiger partial charge on any atom is -0.464 e. The van der Waals surface area contributed by atoms with Crippen LogP contribution >= 0.6 is 7.52 Å². The van der Waals surface area contributed by atoms with Crippen LogP contribution in [0.3, 0.4) is 0 Å². The normalized spacial score (nSPS) is 14.5. The SMILES string of the molecule is CCCCCOC(=O)COP(=O)(CO[C@H](C)Cn1cnc2c(N)ncnc21)NC(C)(C)C(=O)OC(C)C. The zero-order valence-corrected chi connectivity index (χ0v) is 23.3. The number of unbranched alkanes of at least 4 members (excludes halogenated alkanes) is 2. The van der Waals surface area contributed by atoms with Crippen molar-refractivity contribution in [1.29, 1.82) is 0 Å². The van der Waals surface area contributed by atoms with Gasteiger partial charge in [-0.2, -0.15) is 0 Å². The Kier molecular flexibility index (Phi) is 11.4. The van der Waals surface area contributed by atoms with Crippen LogP contribution in [0.2, 0.25) is 0 Å². The number of nitrogen functional groups attached to an aromatic ring is 1. The number of nitrogens with one attached hydrogen (secondary N) is 1. The van der Waals surface area contributed by atoms with Crippen LogP contribution in [0.1, 0.15) is 60.8 Å². The van der Waals surface area contributed by atoms with Crippen LogP contribution in [0.25, 0.3) is 11.2 Å². The maximum absolute atomic E-state index is 13.7. The number of ether oxygens (including phenoxy) is 3. The number of hydrogen-bond donors (Lipinski definition) is 2. The summed E-state index contributed by atoms with van der Waals surface area (Å²) in [6.45, 7) is 10.3. The first kappa shape index (κ1) is 30.6. The van der Waals surface area contributed by atoms with E-state index in [2.05, 4.69) is 20.0 Å². The summed E-state index contributed by atoms with van der Waals surface area (Å²) >= 11 is 0. The number of esters is 2. The van der Waals surface area contributed by atoms with Crippen molar-refractivity contribution in [3.8, 4) is 0 Å². The Hall–Kier alpha value is -2.60. The molecule has 0 aliphatic carbocycles. The van der Waals surface area contributed by atoms with Gasteiger partial charge in [0.2, 0.25) is 0 Å². The number of fused-ring (bicyclic) bond motifs is 1. The molecule has 0 aliphatic rings. The van der Waals surface area contributed by atoms with Crippen molar-refractivity contribution in [1.82, 2.24) is 24.6 Å². The van der Waals surface area contributed by atoms with Gasteiger partial charge in [-0.15, -0.1) is 0 Å². The molecule has 13 nitrogen and oxygen atoms in total. The molecule has 0 aliphatic heterocycles. The quantitative estimate of drug-likeness (QED) is 0.181. The molecule has 0 bridgehead atoms. The first-order valence-electron chi connectivity index (χ1n) is 12.3. The van der Waals surface area contributed by atoms with Crippen molar-refractivity contribution >= 4 is 36.4 Å². The van der Waals surface area contributed by atoms with Gasteiger partial charge >= 0.3 is 11.9 Å². The maximum atomic E-state index is 13.7. The Labute approximate surface area is 217 Å². The molecular weight excluding hydrogens is 503 g/mol. The van der Waals surface area contributed by atoms with Crippen molar-refractivity contribution in [3.63, 3.8) is 0 Å². The third-order valence-corrected chi connectivity index (χ3v) is 7.05. The number of nitrogens with zero attached hydrogens (tertiary/aromatic N) is 4. The van der Waals surface area contributed by atoms with E-state index in [-0.39, 0.29) is 18.5 Å². The number of anilines is 1. The standard InChI is InChI=1S/C23H39N6O7P/c1-7-8-9-10-33-18(30)12-35-37(32,28-23(5,6)22(31)36-16(2)3)15-34-17(4)11-29-14-27-19-20(24)25-13-26-21(19)29/h13-14,16-17H,7-12,15H2,1-6H3,(H,28,32)(H2,24,25,26)/t17-,37?/m1/s1. The highest BCUT2D eigenvalue weighted by Crippen LogP contribution is 2.45. The van der Waals surface area contributed by atoms with E-state index in [0.717, 1.165) is 19.3 Å². The number of nitrogens with two attached hydrogens (primary N) is 1. The second-order valence-electron chi connectivity index (χ2n) is 9.50. The molecule has 0 saturated heterocycles. The Bertz CT molecular complexity index is 1090. The van der Waals surface area contributed by atoms with Gasteiger partial charge in [-0.1, -0.05) is 19.8 Å². The lowest BCUT2D eigenvalue weighted by Crippen LogP contribution is -2.47. The van der Waals surface area contributed by atoms with E-state index in [1.54, 1.807) is 31.7 Å². The largest absolute Gasteiger partial charge is 0.464 e. The minimum absolute atomic E-state index is 0.250. The maximum Gasteiger partial charge on any atom is 0.332 e. The first-order valence-corrected chi connectivity index (χ1v) is 14.1. The molecule has 0 aromatic carbocycles. The number of aromatic nitrogens is 4. The molecule has 208 valence electrons. The predicted octanol–water partition coefficient (Wildman–Crippen LogP) is 3.03. The molecule has 2 atom stereocenters. The van der Waals surface area contributed by atoms with Gasteiger partial charge in [0.05, 0.1) is 31.7 Å². The van der Waals surface area contributed by atoms with Gasteiger partial charge in [0.15, 0.2) is 18.1 Å². The zero-order chi connectivity index (χ0) is 27.6. The van der Waals surface area contributed by atoms with Gasteiger partial charge in [-0.25, -0.2) is 24.8 Å². The van der Waals surface area contributed by atoms with Crippen LogP contribution in [-0.4, -0.2) is 68.8 Å². The van der Waals surface area contributed by atoms with Gasteiger partial charge in [0, 0.05) is 0 Å². The van der Waals surface area contributed by atoms with E-state index >= 15 is 0 Å².